The van der Waals surface area contributed by atoms with Gasteiger partial charge in [-0.2, -0.15) is 0 Å². The van der Waals surface area contributed by atoms with E-state index >= 15 is 0 Å². The molecule has 0 amide bonds. The van der Waals surface area contributed by atoms with Crippen LogP contribution < -0.4 is 4.57 Å². The lowest BCUT2D eigenvalue weighted by atomic mass is 10.2. The second-order valence-corrected chi connectivity index (χ2v) is 6.06. The van der Waals surface area contributed by atoms with Gasteiger partial charge in [0.1, 0.15) is 6.54 Å². The molecule has 4 heterocycles. The fourth-order valence-electron chi connectivity index (χ4n) is 3.09. The maximum atomic E-state index is 8.07. The van der Waals surface area contributed by atoms with Gasteiger partial charge in [0, 0.05) is 28.0 Å². The van der Waals surface area contributed by atoms with Crippen molar-refractivity contribution in [1.82, 2.24) is 9.55 Å². The number of thiophene rings is 1. The number of hydrogen-bond acceptors (Lipinski definition) is 2. The first-order valence-corrected chi connectivity index (χ1v) is 7.27. The Morgan fingerprint density at radius 3 is 3.25 bits per heavy atom. The van der Waals surface area contributed by atoms with Crippen LogP contribution in [0.5, 0.6) is 0 Å². The van der Waals surface area contributed by atoms with Crippen LogP contribution in [-0.4, -0.2) is 9.55 Å². The zero-order valence-electron chi connectivity index (χ0n) is 13.5. The molecule has 0 saturated carbocycles. The predicted molar refractivity (Wildman–Crippen MR) is 80.8 cm³/mol. The molecule has 1 aromatic carbocycles. The quantitative estimate of drug-likeness (QED) is 0.400. The average molecular weight is 281 g/mol. The van der Waals surface area contributed by atoms with Gasteiger partial charge in [0.2, 0.25) is 4.83 Å². The SMILES string of the molecule is [2H]C([2H])([2H])n1c2[n+](c3sc4ccccc4c31)Cc1cnccc1-2. The van der Waals surface area contributed by atoms with Crippen LogP contribution in [0.25, 0.3) is 31.8 Å². The molecule has 0 radical (unpaired) electrons. The van der Waals surface area contributed by atoms with Crippen LogP contribution in [0.2, 0.25) is 0 Å². The molecule has 0 bridgehead atoms. The summed E-state index contributed by atoms with van der Waals surface area (Å²) in [5.41, 5.74) is 2.84. The van der Waals surface area contributed by atoms with Crippen LogP contribution in [0.3, 0.4) is 0 Å². The Hall–Kier alpha value is -2.20. The number of rotatable bonds is 0. The van der Waals surface area contributed by atoms with E-state index in [-0.39, 0.29) is 0 Å². The highest BCUT2D eigenvalue weighted by Crippen LogP contribution is 2.37. The summed E-state index contributed by atoms with van der Waals surface area (Å²) in [6, 6.07) is 9.89. The van der Waals surface area contributed by atoms with Crippen LogP contribution >= 0.6 is 11.3 Å². The lowest BCUT2D eigenvalue weighted by Gasteiger charge is -1.95. The van der Waals surface area contributed by atoms with E-state index in [1.807, 2.05) is 36.5 Å². The monoisotopic (exact) mass is 281 g/mol. The third-order valence-electron chi connectivity index (χ3n) is 3.96. The van der Waals surface area contributed by atoms with E-state index in [0.717, 1.165) is 37.4 Å². The summed E-state index contributed by atoms with van der Waals surface area (Å²) in [6.07, 6.45) is 3.54. The third-order valence-corrected chi connectivity index (χ3v) is 5.14. The predicted octanol–water partition coefficient (Wildman–Crippen LogP) is 3.10. The molecule has 3 nitrogen and oxygen atoms in total. The minimum absolute atomic E-state index is 0.672. The van der Waals surface area contributed by atoms with Gasteiger partial charge in [0.15, 0.2) is 5.52 Å². The van der Waals surface area contributed by atoms with Crippen LogP contribution in [0, 0.1) is 0 Å². The normalized spacial score (nSPS) is 15.9. The maximum Gasteiger partial charge on any atom is 0.291 e. The Morgan fingerprint density at radius 1 is 1.35 bits per heavy atom. The molecular formula is C16H12N3S+. The van der Waals surface area contributed by atoms with Crippen molar-refractivity contribution in [3.8, 4) is 11.4 Å². The molecule has 0 atom stereocenters. The summed E-state index contributed by atoms with van der Waals surface area (Å²) < 4.78 is 28.9. The van der Waals surface area contributed by atoms with Crippen LogP contribution in [0.1, 0.15) is 9.68 Å². The number of nitrogens with zero attached hydrogens (tertiary/aromatic N) is 3. The molecule has 0 N–H and O–H groups in total. The first-order valence-electron chi connectivity index (χ1n) is 7.95. The molecule has 3 aromatic heterocycles. The van der Waals surface area contributed by atoms with E-state index in [4.69, 9.17) is 4.11 Å². The number of aromatic nitrogens is 3. The Bertz CT molecular complexity index is 1090. The number of benzene rings is 1. The fourth-order valence-corrected chi connectivity index (χ4v) is 4.28. The molecule has 0 unspecified atom stereocenters. The Balaban J connectivity index is 2.01. The minimum atomic E-state index is -2.23. The molecule has 96 valence electrons. The van der Waals surface area contributed by atoms with Gasteiger partial charge >= 0.3 is 0 Å². The Morgan fingerprint density at radius 2 is 2.30 bits per heavy atom. The van der Waals surface area contributed by atoms with Crippen molar-refractivity contribution in [2.75, 3.05) is 0 Å². The summed E-state index contributed by atoms with van der Waals surface area (Å²) in [4.78, 5) is 5.18. The Labute approximate surface area is 123 Å². The first-order chi connectivity index (χ1) is 11.1. The maximum absolute atomic E-state index is 8.07. The summed E-state index contributed by atoms with van der Waals surface area (Å²) in [5.74, 6) is 0.759. The van der Waals surface area contributed by atoms with Gasteiger partial charge in [0.05, 0.1) is 16.7 Å². The molecule has 1 aliphatic rings. The number of imidazole rings is 1. The second kappa shape index (κ2) is 3.46. The van der Waals surface area contributed by atoms with Crippen molar-refractivity contribution in [1.29, 1.82) is 0 Å². The zero-order chi connectivity index (χ0) is 15.8. The molecule has 0 aliphatic carbocycles. The lowest BCUT2D eigenvalue weighted by Crippen LogP contribution is -2.30. The summed E-state index contributed by atoms with van der Waals surface area (Å²) in [5, 5.41) is 1.00. The largest absolute Gasteiger partial charge is 0.291 e. The zero-order valence-corrected chi connectivity index (χ0v) is 11.3. The van der Waals surface area contributed by atoms with E-state index in [1.165, 1.54) is 4.57 Å². The molecular weight excluding hydrogens is 266 g/mol. The van der Waals surface area contributed by atoms with Gasteiger partial charge in [-0.3, -0.25) is 4.98 Å². The summed E-state index contributed by atoms with van der Waals surface area (Å²) in [6.45, 7) is -1.56. The number of hydrogen-bond donors (Lipinski definition) is 0. The third kappa shape index (κ3) is 1.11. The summed E-state index contributed by atoms with van der Waals surface area (Å²) >= 11 is 1.65. The standard InChI is InChI=1S/C16H12N3S/c1-18-14-12-4-2-3-5-13(12)20-16(14)19-9-10-8-17-7-6-11(10)15(18)19/h2-8H,9H2,1H3/q+1/i1D3. The number of pyridine rings is 1. The van der Waals surface area contributed by atoms with E-state index in [9.17, 15) is 0 Å². The van der Waals surface area contributed by atoms with E-state index in [0.29, 0.717) is 6.54 Å². The summed E-state index contributed by atoms with van der Waals surface area (Å²) in [7, 11) is 0. The lowest BCUT2D eigenvalue weighted by molar-refractivity contribution is -0.644. The van der Waals surface area contributed by atoms with Crippen molar-refractivity contribution >= 4 is 31.8 Å². The number of aryl methyl sites for hydroxylation is 1. The van der Waals surface area contributed by atoms with Crippen molar-refractivity contribution in [3.05, 3.63) is 48.3 Å². The smallest absolute Gasteiger partial charge is 0.264 e. The second-order valence-electron chi connectivity index (χ2n) is 5.03. The van der Waals surface area contributed by atoms with Gasteiger partial charge in [-0.15, -0.1) is 0 Å². The first kappa shape index (κ1) is 8.17. The van der Waals surface area contributed by atoms with Crippen molar-refractivity contribution in [2.45, 2.75) is 6.54 Å². The van der Waals surface area contributed by atoms with Gasteiger partial charge in [-0.25, -0.2) is 9.13 Å². The van der Waals surface area contributed by atoms with Gasteiger partial charge in [-0.1, -0.05) is 23.5 Å². The van der Waals surface area contributed by atoms with Crippen LogP contribution in [0.15, 0.2) is 42.7 Å². The highest BCUT2D eigenvalue weighted by molar-refractivity contribution is 7.25. The molecule has 20 heavy (non-hydrogen) atoms. The highest BCUT2D eigenvalue weighted by Gasteiger charge is 2.34. The number of fused-ring (bicyclic) bond motifs is 7. The molecule has 0 spiro atoms. The molecule has 5 rings (SSSR count). The average Bonchev–Trinajstić information content (AvgIpc) is 3.13. The van der Waals surface area contributed by atoms with Crippen LogP contribution in [-0.2, 0) is 13.5 Å². The molecule has 1 aliphatic heterocycles. The van der Waals surface area contributed by atoms with Crippen molar-refractivity contribution in [3.63, 3.8) is 0 Å². The van der Waals surface area contributed by atoms with E-state index < -0.39 is 6.98 Å². The van der Waals surface area contributed by atoms with E-state index in [2.05, 4.69) is 9.55 Å². The van der Waals surface area contributed by atoms with E-state index in [1.54, 1.807) is 17.5 Å². The topological polar surface area (TPSA) is 21.7 Å². The molecule has 4 aromatic rings. The van der Waals surface area contributed by atoms with Crippen molar-refractivity contribution < 1.29 is 8.68 Å². The van der Waals surface area contributed by atoms with Crippen molar-refractivity contribution in [2.24, 2.45) is 6.98 Å². The molecule has 4 heteroatoms. The van der Waals surface area contributed by atoms with Gasteiger partial charge < -0.3 is 0 Å². The molecule has 0 saturated heterocycles. The fraction of sp³-hybridized carbons (Fsp3) is 0.125. The van der Waals surface area contributed by atoms with Gasteiger partial charge in [0.25, 0.3) is 5.82 Å². The molecule has 0 fully saturated rings. The van der Waals surface area contributed by atoms with Crippen LogP contribution in [0.4, 0.5) is 0 Å². The highest BCUT2D eigenvalue weighted by atomic mass is 32.1. The van der Waals surface area contributed by atoms with Gasteiger partial charge in [-0.05, 0) is 18.2 Å². The Kier molecular flexibility index (Phi) is 1.41. The minimum Gasteiger partial charge on any atom is -0.264 e.